The Morgan fingerprint density at radius 1 is 1.13 bits per heavy atom. The van der Waals surface area contributed by atoms with E-state index in [2.05, 4.69) is 55.1 Å². The van der Waals surface area contributed by atoms with E-state index in [-0.39, 0.29) is 17.9 Å². The number of carbonyl (C=O) groups is 1. The minimum Gasteiger partial charge on any atom is -0.336 e. The van der Waals surface area contributed by atoms with Gasteiger partial charge in [-0.3, -0.25) is 4.79 Å². The molecular weight excluding hydrogens is 282 g/mol. The average Bonchev–Trinajstić information content (AvgIpc) is 3.06. The molecule has 0 saturated carbocycles. The summed E-state index contributed by atoms with van der Waals surface area (Å²) in [5.74, 6) is 0.549. The lowest BCUT2D eigenvalue weighted by Crippen LogP contribution is -2.31. The maximum Gasteiger partial charge on any atom is 0.223 e. The SMILES string of the molecule is Cc1ccc(C2CCCN2C(=O)CC(C)c2ccccc2)cc1. The van der Waals surface area contributed by atoms with Gasteiger partial charge in [0.1, 0.15) is 0 Å². The number of hydrogen-bond donors (Lipinski definition) is 0. The highest BCUT2D eigenvalue weighted by Crippen LogP contribution is 2.33. The van der Waals surface area contributed by atoms with Crippen molar-refractivity contribution in [3.63, 3.8) is 0 Å². The van der Waals surface area contributed by atoms with Gasteiger partial charge in [0.05, 0.1) is 6.04 Å². The molecule has 1 saturated heterocycles. The fourth-order valence-electron chi connectivity index (χ4n) is 3.48. The molecule has 2 nitrogen and oxygen atoms in total. The van der Waals surface area contributed by atoms with Crippen LogP contribution in [0.2, 0.25) is 0 Å². The number of rotatable bonds is 4. The van der Waals surface area contributed by atoms with E-state index in [9.17, 15) is 4.79 Å². The Labute approximate surface area is 139 Å². The number of benzene rings is 2. The van der Waals surface area contributed by atoms with E-state index in [1.165, 1.54) is 16.7 Å². The van der Waals surface area contributed by atoms with E-state index in [0.717, 1.165) is 19.4 Å². The molecule has 3 rings (SSSR count). The molecule has 120 valence electrons. The maximum atomic E-state index is 12.8. The molecule has 0 aliphatic carbocycles. The van der Waals surface area contributed by atoms with Crippen LogP contribution in [0, 0.1) is 6.92 Å². The van der Waals surface area contributed by atoms with Crippen molar-refractivity contribution < 1.29 is 4.79 Å². The zero-order valence-corrected chi connectivity index (χ0v) is 14.0. The number of aryl methyl sites for hydroxylation is 1. The molecule has 1 heterocycles. The van der Waals surface area contributed by atoms with Gasteiger partial charge in [-0.05, 0) is 36.8 Å². The first-order valence-electron chi connectivity index (χ1n) is 8.56. The van der Waals surface area contributed by atoms with Gasteiger partial charge in [0.2, 0.25) is 5.91 Å². The Bertz CT molecular complexity index is 647. The monoisotopic (exact) mass is 307 g/mol. The molecule has 1 fully saturated rings. The predicted octanol–water partition coefficient (Wildman–Crippen LogP) is 4.85. The third-order valence-electron chi connectivity index (χ3n) is 4.88. The van der Waals surface area contributed by atoms with Gasteiger partial charge in [0, 0.05) is 13.0 Å². The van der Waals surface area contributed by atoms with Crippen LogP contribution in [0.1, 0.15) is 54.8 Å². The molecule has 1 aliphatic heterocycles. The van der Waals surface area contributed by atoms with Gasteiger partial charge in [-0.1, -0.05) is 67.1 Å². The molecular formula is C21H25NO. The van der Waals surface area contributed by atoms with E-state index < -0.39 is 0 Å². The average molecular weight is 307 g/mol. The van der Waals surface area contributed by atoms with Gasteiger partial charge in [0.15, 0.2) is 0 Å². The van der Waals surface area contributed by atoms with Crippen LogP contribution in [0.5, 0.6) is 0 Å². The van der Waals surface area contributed by atoms with Crippen LogP contribution in [0.3, 0.4) is 0 Å². The molecule has 2 unspecified atom stereocenters. The summed E-state index contributed by atoms with van der Waals surface area (Å²) < 4.78 is 0. The topological polar surface area (TPSA) is 20.3 Å². The Kier molecular flexibility index (Phi) is 4.80. The van der Waals surface area contributed by atoms with Crippen LogP contribution >= 0.6 is 0 Å². The Hall–Kier alpha value is -2.09. The summed E-state index contributed by atoms with van der Waals surface area (Å²) in [6, 6.07) is 19.2. The highest BCUT2D eigenvalue weighted by atomic mass is 16.2. The summed E-state index contributed by atoms with van der Waals surface area (Å²) in [5.41, 5.74) is 3.78. The highest BCUT2D eigenvalue weighted by Gasteiger charge is 2.30. The van der Waals surface area contributed by atoms with E-state index in [4.69, 9.17) is 0 Å². The first-order chi connectivity index (χ1) is 11.1. The van der Waals surface area contributed by atoms with Crippen LogP contribution in [-0.4, -0.2) is 17.4 Å². The fourth-order valence-corrected chi connectivity index (χ4v) is 3.48. The summed E-state index contributed by atoms with van der Waals surface area (Å²) in [7, 11) is 0. The molecule has 2 heteroatoms. The zero-order chi connectivity index (χ0) is 16.2. The molecule has 2 aromatic rings. The van der Waals surface area contributed by atoms with Crippen LogP contribution in [0.4, 0.5) is 0 Å². The fraction of sp³-hybridized carbons (Fsp3) is 0.381. The van der Waals surface area contributed by atoms with Crippen molar-refractivity contribution >= 4 is 5.91 Å². The highest BCUT2D eigenvalue weighted by molar-refractivity contribution is 5.78. The van der Waals surface area contributed by atoms with Gasteiger partial charge >= 0.3 is 0 Å². The molecule has 2 atom stereocenters. The molecule has 1 aliphatic rings. The lowest BCUT2D eigenvalue weighted by Gasteiger charge is -2.26. The molecule has 1 amide bonds. The second-order valence-electron chi connectivity index (χ2n) is 6.67. The first-order valence-corrected chi connectivity index (χ1v) is 8.56. The summed E-state index contributed by atoms with van der Waals surface area (Å²) >= 11 is 0. The van der Waals surface area contributed by atoms with E-state index in [1.807, 2.05) is 18.2 Å². The normalized spacial score (nSPS) is 18.9. The quantitative estimate of drug-likeness (QED) is 0.790. The summed E-state index contributed by atoms with van der Waals surface area (Å²) in [5, 5.41) is 0. The van der Waals surface area contributed by atoms with Gasteiger partial charge in [-0.2, -0.15) is 0 Å². The van der Waals surface area contributed by atoms with Crippen LogP contribution < -0.4 is 0 Å². The molecule has 0 spiro atoms. The van der Waals surface area contributed by atoms with Gasteiger partial charge in [-0.15, -0.1) is 0 Å². The van der Waals surface area contributed by atoms with Gasteiger partial charge in [0.25, 0.3) is 0 Å². The van der Waals surface area contributed by atoms with Gasteiger partial charge in [-0.25, -0.2) is 0 Å². The minimum atomic E-state index is 0.256. The Balaban J connectivity index is 1.69. The van der Waals surface area contributed by atoms with Gasteiger partial charge < -0.3 is 4.90 Å². The summed E-state index contributed by atoms with van der Waals surface area (Å²) in [6.45, 7) is 5.13. The van der Waals surface area contributed by atoms with Crippen molar-refractivity contribution in [2.45, 2.75) is 45.1 Å². The van der Waals surface area contributed by atoms with Crippen molar-refractivity contribution in [2.75, 3.05) is 6.54 Å². The van der Waals surface area contributed by atoms with Crippen molar-refractivity contribution in [3.05, 3.63) is 71.3 Å². The lowest BCUT2D eigenvalue weighted by molar-refractivity contribution is -0.132. The van der Waals surface area contributed by atoms with E-state index in [0.29, 0.717) is 6.42 Å². The molecule has 23 heavy (non-hydrogen) atoms. The van der Waals surface area contributed by atoms with Crippen molar-refractivity contribution in [1.29, 1.82) is 0 Å². The second kappa shape index (κ2) is 6.99. The second-order valence-corrected chi connectivity index (χ2v) is 6.67. The third-order valence-corrected chi connectivity index (χ3v) is 4.88. The van der Waals surface area contributed by atoms with E-state index in [1.54, 1.807) is 0 Å². The number of likely N-dealkylation sites (tertiary alicyclic amines) is 1. The van der Waals surface area contributed by atoms with Crippen molar-refractivity contribution in [3.8, 4) is 0 Å². The largest absolute Gasteiger partial charge is 0.336 e. The molecule has 0 N–H and O–H groups in total. The number of hydrogen-bond acceptors (Lipinski definition) is 1. The Morgan fingerprint density at radius 3 is 2.52 bits per heavy atom. The summed E-state index contributed by atoms with van der Waals surface area (Å²) in [6.07, 6.45) is 2.77. The maximum absolute atomic E-state index is 12.8. The molecule has 0 aromatic heterocycles. The van der Waals surface area contributed by atoms with E-state index >= 15 is 0 Å². The molecule has 0 bridgehead atoms. The standard InChI is InChI=1S/C21H25NO/c1-16-10-12-19(13-11-16)20-9-6-14-22(20)21(23)15-17(2)18-7-4-3-5-8-18/h3-5,7-8,10-13,17,20H,6,9,14-15H2,1-2H3. The van der Waals surface area contributed by atoms with Crippen molar-refractivity contribution in [2.24, 2.45) is 0 Å². The van der Waals surface area contributed by atoms with Crippen molar-refractivity contribution in [1.82, 2.24) is 4.90 Å². The number of nitrogens with zero attached hydrogens (tertiary/aromatic N) is 1. The van der Waals surface area contributed by atoms with Crippen LogP contribution in [-0.2, 0) is 4.79 Å². The summed E-state index contributed by atoms with van der Waals surface area (Å²) in [4.78, 5) is 14.9. The number of carbonyl (C=O) groups excluding carboxylic acids is 1. The molecule has 0 radical (unpaired) electrons. The first kappa shape index (κ1) is 15.8. The zero-order valence-electron chi connectivity index (χ0n) is 14.0. The number of amides is 1. The third kappa shape index (κ3) is 3.64. The minimum absolute atomic E-state index is 0.256. The van der Waals surface area contributed by atoms with Crippen LogP contribution in [0.25, 0.3) is 0 Å². The van der Waals surface area contributed by atoms with Crippen LogP contribution in [0.15, 0.2) is 54.6 Å². The Morgan fingerprint density at radius 2 is 1.83 bits per heavy atom. The predicted molar refractivity (Wildman–Crippen MR) is 94.3 cm³/mol. The molecule has 2 aromatic carbocycles. The smallest absolute Gasteiger partial charge is 0.223 e. The lowest BCUT2D eigenvalue weighted by atomic mass is 9.96.